The number of hydrogen-bond donors (Lipinski definition) is 1. The maximum atomic E-state index is 12.2. The van der Waals surface area contributed by atoms with Crippen molar-refractivity contribution >= 4 is 5.78 Å². The fourth-order valence-electron chi connectivity index (χ4n) is 3.09. The molecular weight excluding hydrogens is 186 g/mol. The van der Waals surface area contributed by atoms with Crippen LogP contribution in [-0.4, -0.2) is 17.9 Å². The molecule has 86 valence electrons. The van der Waals surface area contributed by atoms with Crippen molar-refractivity contribution in [3.63, 3.8) is 0 Å². The molecular formula is C13H23NO. The van der Waals surface area contributed by atoms with Crippen LogP contribution in [0.2, 0.25) is 0 Å². The van der Waals surface area contributed by atoms with E-state index in [9.17, 15) is 4.79 Å². The highest BCUT2D eigenvalue weighted by Gasteiger charge is 2.38. The smallest absolute Gasteiger partial charge is 0.141 e. The van der Waals surface area contributed by atoms with Gasteiger partial charge in [-0.25, -0.2) is 0 Å². The second kappa shape index (κ2) is 3.89. The van der Waals surface area contributed by atoms with E-state index in [1.807, 2.05) is 20.8 Å². The molecule has 15 heavy (non-hydrogen) atoms. The number of rotatable bonds is 1. The number of piperidine rings is 2. The Bertz CT molecular complexity index is 242. The van der Waals surface area contributed by atoms with E-state index in [2.05, 4.69) is 5.32 Å². The Balaban J connectivity index is 2.02. The number of Topliss-reactive ketones (excluding diaryl/α,β-unsaturated/α-hetero) is 1. The summed E-state index contributed by atoms with van der Waals surface area (Å²) in [6, 6.07) is 1.24. The van der Waals surface area contributed by atoms with Gasteiger partial charge in [-0.1, -0.05) is 27.2 Å². The summed E-state index contributed by atoms with van der Waals surface area (Å²) in [6.07, 6.45) is 6.03. The van der Waals surface area contributed by atoms with E-state index >= 15 is 0 Å². The Labute approximate surface area is 92.8 Å². The van der Waals surface area contributed by atoms with Gasteiger partial charge >= 0.3 is 0 Å². The van der Waals surface area contributed by atoms with Gasteiger partial charge in [-0.2, -0.15) is 0 Å². The molecule has 2 fully saturated rings. The molecule has 0 amide bonds. The minimum absolute atomic E-state index is 0.156. The van der Waals surface area contributed by atoms with Crippen LogP contribution in [0.3, 0.4) is 0 Å². The van der Waals surface area contributed by atoms with E-state index in [1.54, 1.807) is 0 Å². The fourth-order valence-corrected chi connectivity index (χ4v) is 3.09. The molecule has 0 aromatic rings. The van der Waals surface area contributed by atoms with Gasteiger partial charge in [-0.3, -0.25) is 4.79 Å². The molecule has 2 atom stereocenters. The van der Waals surface area contributed by atoms with Gasteiger partial charge in [0.15, 0.2) is 0 Å². The lowest BCUT2D eigenvalue weighted by Gasteiger charge is -2.41. The molecule has 1 N–H and O–H groups in total. The summed E-state index contributed by atoms with van der Waals surface area (Å²) in [6.45, 7) is 6.15. The van der Waals surface area contributed by atoms with Crippen LogP contribution in [0.15, 0.2) is 0 Å². The van der Waals surface area contributed by atoms with E-state index in [0.717, 1.165) is 12.8 Å². The Hall–Kier alpha value is -0.370. The number of carbonyl (C=O) groups excluding carboxylic acids is 1. The molecule has 0 aromatic carbocycles. The molecule has 2 bridgehead atoms. The molecule has 2 rings (SSSR count). The van der Waals surface area contributed by atoms with Gasteiger partial charge in [0.1, 0.15) is 5.78 Å². The minimum atomic E-state index is -0.156. The van der Waals surface area contributed by atoms with Crippen LogP contribution < -0.4 is 5.32 Å². The monoisotopic (exact) mass is 209 g/mol. The van der Waals surface area contributed by atoms with Gasteiger partial charge in [0.05, 0.1) is 0 Å². The second-order valence-corrected chi connectivity index (χ2v) is 6.27. The van der Waals surface area contributed by atoms with Crippen molar-refractivity contribution in [2.45, 2.75) is 65.0 Å². The quantitative estimate of drug-likeness (QED) is 0.719. The normalized spacial score (nSPS) is 36.3. The first-order valence-corrected chi connectivity index (χ1v) is 6.27. The predicted molar refractivity (Wildman–Crippen MR) is 61.7 cm³/mol. The standard InChI is InChI=1S/C13H23NO/c1-13(2,3)12(15)9-7-10-5-4-6-11(8-9)14-10/h9-11,14H,4-8H2,1-3H3. The molecule has 0 spiro atoms. The number of nitrogens with one attached hydrogen (secondary N) is 1. The maximum absolute atomic E-state index is 12.2. The Kier molecular flexibility index (Phi) is 2.89. The van der Waals surface area contributed by atoms with Crippen LogP contribution in [-0.2, 0) is 4.79 Å². The van der Waals surface area contributed by atoms with Gasteiger partial charge in [0.2, 0.25) is 0 Å². The van der Waals surface area contributed by atoms with Crippen molar-refractivity contribution in [2.24, 2.45) is 11.3 Å². The predicted octanol–water partition coefficient (Wildman–Crippen LogP) is 2.52. The lowest BCUT2D eigenvalue weighted by Crippen LogP contribution is -2.51. The van der Waals surface area contributed by atoms with Gasteiger partial charge in [-0.05, 0) is 25.7 Å². The van der Waals surface area contributed by atoms with Gasteiger partial charge in [-0.15, -0.1) is 0 Å². The van der Waals surface area contributed by atoms with Crippen molar-refractivity contribution in [1.82, 2.24) is 5.32 Å². The van der Waals surface area contributed by atoms with Crippen molar-refractivity contribution in [2.75, 3.05) is 0 Å². The molecule has 2 aliphatic rings. The summed E-state index contributed by atoms with van der Waals surface area (Å²) in [4.78, 5) is 12.2. The molecule has 2 heterocycles. The Morgan fingerprint density at radius 2 is 1.67 bits per heavy atom. The van der Waals surface area contributed by atoms with Gasteiger partial charge in [0, 0.05) is 23.4 Å². The van der Waals surface area contributed by atoms with Gasteiger partial charge in [0.25, 0.3) is 0 Å². The zero-order chi connectivity index (χ0) is 11.1. The Morgan fingerprint density at radius 1 is 1.13 bits per heavy atom. The third-order valence-electron chi connectivity index (χ3n) is 3.82. The van der Waals surface area contributed by atoms with Crippen molar-refractivity contribution in [3.8, 4) is 0 Å². The number of carbonyl (C=O) groups is 1. The average Bonchev–Trinajstić information content (AvgIpc) is 2.14. The van der Waals surface area contributed by atoms with E-state index < -0.39 is 0 Å². The molecule has 0 radical (unpaired) electrons. The van der Waals surface area contributed by atoms with E-state index in [0.29, 0.717) is 23.8 Å². The molecule has 2 saturated heterocycles. The fraction of sp³-hybridized carbons (Fsp3) is 0.923. The molecule has 2 nitrogen and oxygen atoms in total. The van der Waals surface area contributed by atoms with E-state index in [4.69, 9.17) is 0 Å². The SMILES string of the molecule is CC(C)(C)C(=O)C1CC2CCCC(C1)N2. The highest BCUT2D eigenvalue weighted by molar-refractivity contribution is 5.86. The molecule has 0 aromatic heterocycles. The van der Waals surface area contributed by atoms with Crippen molar-refractivity contribution in [3.05, 3.63) is 0 Å². The van der Waals surface area contributed by atoms with Crippen molar-refractivity contribution in [1.29, 1.82) is 0 Å². The zero-order valence-corrected chi connectivity index (χ0v) is 10.2. The lowest BCUT2D eigenvalue weighted by molar-refractivity contribution is -0.132. The van der Waals surface area contributed by atoms with Crippen LogP contribution in [0.25, 0.3) is 0 Å². The molecule has 2 heteroatoms. The number of fused-ring (bicyclic) bond motifs is 2. The Morgan fingerprint density at radius 3 is 2.13 bits per heavy atom. The zero-order valence-electron chi connectivity index (χ0n) is 10.2. The summed E-state index contributed by atoms with van der Waals surface area (Å²) in [5.41, 5.74) is -0.156. The third-order valence-corrected chi connectivity index (χ3v) is 3.82. The maximum Gasteiger partial charge on any atom is 0.141 e. The third kappa shape index (κ3) is 2.41. The number of hydrogen-bond acceptors (Lipinski definition) is 2. The van der Waals surface area contributed by atoms with E-state index in [-0.39, 0.29) is 5.41 Å². The van der Waals surface area contributed by atoms with E-state index in [1.165, 1.54) is 19.3 Å². The lowest BCUT2D eigenvalue weighted by atomic mass is 9.73. The summed E-state index contributed by atoms with van der Waals surface area (Å²) in [5, 5.41) is 3.64. The topological polar surface area (TPSA) is 29.1 Å². The molecule has 2 aliphatic heterocycles. The molecule has 0 aliphatic carbocycles. The highest BCUT2D eigenvalue weighted by Crippen LogP contribution is 2.34. The largest absolute Gasteiger partial charge is 0.311 e. The van der Waals surface area contributed by atoms with Crippen LogP contribution >= 0.6 is 0 Å². The number of ketones is 1. The van der Waals surface area contributed by atoms with Crippen LogP contribution in [0, 0.1) is 11.3 Å². The second-order valence-electron chi connectivity index (χ2n) is 6.27. The van der Waals surface area contributed by atoms with Crippen LogP contribution in [0.1, 0.15) is 52.9 Å². The highest BCUT2D eigenvalue weighted by atomic mass is 16.1. The first-order valence-electron chi connectivity index (χ1n) is 6.27. The first kappa shape index (κ1) is 11.1. The van der Waals surface area contributed by atoms with Crippen LogP contribution in [0.5, 0.6) is 0 Å². The van der Waals surface area contributed by atoms with Crippen LogP contribution in [0.4, 0.5) is 0 Å². The summed E-state index contributed by atoms with van der Waals surface area (Å²) in [7, 11) is 0. The molecule has 2 unspecified atom stereocenters. The first-order chi connectivity index (χ1) is 6.97. The molecule has 0 saturated carbocycles. The summed E-state index contributed by atoms with van der Waals surface area (Å²) < 4.78 is 0. The van der Waals surface area contributed by atoms with Gasteiger partial charge < -0.3 is 5.32 Å². The van der Waals surface area contributed by atoms with Crippen molar-refractivity contribution < 1.29 is 4.79 Å². The summed E-state index contributed by atoms with van der Waals surface area (Å²) >= 11 is 0. The average molecular weight is 209 g/mol. The minimum Gasteiger partial charge on any atom is -0.311 e. The summed E-state index contributed by atoms with van der Waals surface area (Å²) in [5.74, 6) is 0.794.